The van der Waals surface area contributed by atoms with Crippen LogP contribution in [0.1, 0.15) is 41.4 Å². The highest BCUT2D eigenvalue weighted by Crippen LogP contribution is 2.36. The van der Waals surface area contributed by atoms with Crippen LogP contribution in [-0.2, 0) is 24.0 Å². The Morgan fingerprint density at radius 1 is 1.16 bits per heavy atom. The zero-order valence-corrected chi connectivity index (χ0v) is 22.2. The molecule has 192 valence electrons. The van der Waals surface area contributed by atoms with E-state index in [4.69, 9.17) is 11.6 Å². The predicted molar refractivity (Wildman–Crippen MR) is 152 cm³/mol. The SMILES string of the molecule is CCc1ccc2c(c1)c(-c1ccc[nH]c1=O)c(C(=O)NS(=O)C1CC1)n2Cc1cc2ccccc2nc1Cl. The van der Waals surface area contributed by atoms with Crippen LogP contribution in [0.2, 0.25) is 5.15 Å². The zero-order chi connectivity index (χ0) is 26.4. The summed E-state index contributed by atoms with van der Waals surface area (Å²) in [4.78, 5) is 34.1. The molecule has 38 heavy (non-hydrogen) atoms. The number of aryl methyl sites for hydroxylation is 1. The maximum atomic E-state index is 13.8. The minimum absolute atomic E-state index is 0.0359. The molecule has 0 bridgehead atoms. The van der Waals surface area contributed by atoms with E-state index in [1.807, 2.05) is 53.1 Å². The van der Waals surface area contributed by atoms with E-state index in [-0.39, 0.29) is 23.0 Å². The number of aromatic amines is 1. The van der Waals surface area contributed by atoms with E-state index in [0.717, 1.165) is 52.2 Å². The van der Waals surface area contributed by atoms with Crippen molar-refractivity contribution < 1.29 is 9.00 Å². The molecular weight excluding hydrogens is 520 g/mol. The fourth-order valence-electron chi connectivity index (χ4n) is 4.84. The molecular formula is C29H25ClN4O3S. The van der Waals surface area contributed by atoms with E-state index < -0.39 is 16.9 Å². The highest BCUT2D eigenvalue weighted by molar-refractivity contribution is 7.84. The van der Waals surface area contributed by atoms with Gasteiger partial charge < -0.3 is 9.55 Å². The number of aromatic nitrogens is 3. The summed E-state index contributed by atoms with van der Waals surface area (Å²) in [5, 5.41) is 2.00. The van der Waals surface area contributed by atoms with Crippen LogP contribution in [-0.4, -0.2) is 29.9 Å². The summed E-state index contributed by atoms with van der Waals surface area (Å²) in [6.45, 7) is 2.29. The number of amides is 1. The average Bonchev–Trinajstić information content (AvgIpc) is 3.73. The lowest BCUT2D eigenvalue weighted by atomic mass is 10.0. The third-order valence-electron chi connectivity index (χ3n) is 6.94. The number of hydrogen-bond acceptors (Lipinski definition) is 4. The molecule has 1 aliphatic carbocycles. The Labute approximate surface area is 226 Å². The van der Waals surface area contributed by atoms with Crippen LogP contribution in [0.4, 0.5) is 0 Å². The second-order valence-electron chi connectivity index (χ2n) is 9.49. The second-order valence-corrected chi connectivity index (χ2v) is 11.3. The van der Waals surface area contributed by atoms with Crippen molar-refractivity contribution in [2.24, 2.45) is 0 Å². The fraction of sp³-hybridized carbons (Fsp3) is 0.207. The number of nitrogens with zero attached hydrogens (tertiary/aromatic N) is 2. The van der Waals surface area contributed by atoms with Gasteiger partial charge in [-0.3, -0.25) is 14.3 Å². The first kappa shape index (κ1) is 24.6. The van der Waals surface area contributed by atoms with Crippen LogP contribution in [0.15, 0.2) is 71.7 Å². The van der Waals surface area contributed by atoms with Crippen molar-refractivity contribution in [3.05, 3.63) is 99.2 Å². The fourth-order valence-corrected chi connectivity index (χ4v) is 6.05. The number of pyridine rings is 2. The summed E-state index contributed by atoms with van der Waals surface area (Å²) in [7, 11) is -1.50. The van der Waals surface area contributed by atoms with Gasteiger partial charge >= 0.3 is 0 Å². The molecule has 0 saturated heterocycles. The van der Waals surface area contributed by atoms with Gasteiger partial charge in [0.15, 0.2) is 0 Å². The highest BCUT2D eigenvalue weighted by atomic mass is 35.5. The largest absolute Gasteiger partial charge is 0.331 e. The van der Waals surface area contributed by atoms with Crippen molar-refractivity contribution in [1.29, 1.82) is 0 Å². The summed E-state index contributed by atoms with van der Waals surface area (Å²) < 4.78 is 17.3. The lowest BCUT2D eigenvalue weighted by Crippen LogP contribution is -2.30. The van der Waals surface area contributed by atoms with Gasteiger partial charge in [-0.15, -0.1) is 0 Å². The van der Waals surface area contributed by atoms with Gasteiger partial charge in [-0.2, -0.15) is 0 Å². The van der Waals surface area contributed by atoms with E-state index in [1.165, 1.54) is 0 Å². The van der Waals surface area contributed by atoms with Crippen LogP contribution < -0.4 is 10.3 Å². The van der Waals surface area contributed by atoms with Crippen LogP contribution in [0, 0.1) is 0 Å². The van der Waals surface area contributed by atoms with Crippen molar-refractivity contribution in [1.82, 2.24) is 19.3 Å². The molecule has 3 heterocycles. The minimum atomic E-state index is -1.50. The van der Waals surface area contributed by atoms with Crippen molar-refractivity contribution in [3.8, 4) is 11.1 Å². The van der Waals surface area contributed by atoms with Crippen LogP contribution in [0.5, 0.6) is 0 Å². The van der Waals surface area contributed by atoms with E-state index in [1.54, 1.807) is 18.3 Å². The smallest absolute Gasteiger partial charge is 0.280 e. The molecule has 1 amide bonds. The van der Waals surface area contributed by atoms with Crippen molar-refractivity contribution in [2.45, 2.75) is 38.0 Å². The summed E-state index contributed by atoms with van der Waals surface area (Å²) in [6.07, 6.45) is 3.99. The Hall–Kier alpha value is -3.75. The van der Waals surface area contributed by atoms with Gasteiger partial charge in [0.2, 0.25) is 0 Å². The van der Waals surface area contributed by atoms with Gasteiger partial charge in [-0.05, 0) is 61.2 Å². The van der Waals surface area contributed by atoms with Crippen LogP contribution in [0.25, 0.3) is 32.9 Å². The molecule has 1 saturated carbocycles. The average molecular weight is 545 g/mol. The topological polar surface area (TPSA) is 96.9 Å². The molecule has 9 heteroatoms. The molecule has 6 rings (SSSR count). The first-order chi connectivity index (χ1) is 18.4. The van der Waals surface area contributed by atoms with E-state index >= 15 is 0 Å². The lowest BCUT2D eigenvalue weighted by molar-refractivity contribution is 0.0975. The first-order valence-electron chi connectivity index (χ1n) is 12.5. The van der Waals surface area contributed by atoms with Crippen LogP contribution in [0.3, 0.4) is 0 Å². The van der Waals surface area contributed by atoms with Crippen molar-refractivity contribution in [3.63, 3.8) is 0 Å². The van der Waals surface area contributed by atoms with Gasteiger partial charge in [0.25, 0.3) is 11.5 Å². The van der Waals surface area contributed by atoms with Gasteiger partial charge in [0, 0.05) is 39.2 Å². The van der Waals surface area contributed by atoms with Crippen LogP contribution >= 0.6 is 11.6 Å². The van der Waals surface area contributed by atoms with Gasteiger partial charge in [-0.1, -0.05) is 42.8 Å². The summed E-state index contributed by atoms with van der Waals surface area (Å²) in [6, 6.07) is 19.1. The number of carbonyl (C=O) groups excluding carboxylic acids is 1. The Balaban J connectivity index is 1.62. The number of nitrogens with one attached hydrogen (secondary N) is 2. The number of carbonyl (C=O) groups is 1. The number of halogens is 1. The molecule has 1 unspecified atom stereocenters. The number of para-hydroxylation sites is 1. The van der Waals surface area contributed by atoms with E-state index in [9.17, 15) is 13.8 Å². The quantitative estimate of drug-likeness (QED) is 0.269. The second kappa shape index (κ2) is 9.85. The summed E-state index contributed by atoms with van der Waals surface area (Å²) in [5.74, 6) is -0.493. The molecule has 2 N–H and O–H groups in total. The Bertz CT molecular complexity index is 1810. The molecule has 1 atom stereocenters. The number of H-pyrrole nitrogens is 1. The molecule has 3 aromatic heterocycles. The molecule has 1 fully saturated rings. The van der Waals surface area contributed by atoms with Crippen molar-refractivity contribution in [2.75, 3.05) is 0 Å². The van der Waals surface area contributed by atoms with Crippen molar-refractivity contribution >= 4 is 50.3 Å². The number of hydrogen-bond donors (Lipinski definition) is 2. The Morgan fingerprint density at radius 3 is 2.74 bits per heavy atom. The van der Waals surface area contributed by atoms with E-state index in [2.05, 4.69) is 21.6 Å². The third-order valence-corrected chi connectivity index (χ3v) is 8.73. The zero-order valence-electron chi connectivity index (χ0n) is 20.7. The summed E-state index contributed by atoms with van der Waals surface area (Å²) >= 11 is 6.64. The normalized spacial score (nSPS) is 14.2. The van der Waals surface area contributed by atoms with Gasteiger partial charge in [0.1, 0.15) is 21.8 Å². The Kier molecular flexibility index (Phi) is 6.37. The minimum Gasteiger partial charge on any atom is -0.331 e. The molecule has 0 spiro atoms. The maximum Gasteiger partial charge on any atom is 0.280 e. The summed E-state index contributed by atoms with van der Waals surface area (Å²) in [5.41, 5.74) is 4.18. The van der Waals surface area contributed by atoms with Gasteiger partial charge in [0.05, 0.1) is 17.3 Å². The number of fused-ring (bicyclic) bond motifs is 2. The maximum absolute atomic E-state index is 13.8. The number of benzene rings is 2. The number of rotatable bonds is 7. The molecule has 0 aliphatic heterocycles. The molecule has 2 aromatic carbocycles. The standard InChI is InChI=1S/C29H25ClN4O3S/c1-2-17-9-12-24-22(14-17)25(21-7-5-13-31-28(21)35)26(29(36)33-38(37)20-10-11-20)34(24)16-19-15-18-6-3-4-8-23(18)32-27(19)30/h3-9,12-15,20H,2,10-11,16H2,1H3,(H,31,35)(H,33,36). The molecule has 7 nitrogen and oxygen atoms in total. The van der Waals surface area contributed by atoms with E-state index in [0.29, 0.717) is 16.3 Å². The first-order valence-corrected chi connectivity index (χ1v) is 14.1. The molecule has 5 aromatic rings. The third kappa shape index (κ3) is 4.44. The lowest BCUT2D eigenvalue weighted by Gasteiger charge is -2.14. The Morgan fingerprint density at radius 2 is 1.97 bits per heavy atom. The molecule has 1 aliphatic rings. The molecule has 0 radical (unpaired) electrons. The predicted octanol–water partition coefficient (Wildman–Crippen LogP) is 5.36. The van der Waals surface area contributed by atoms with Gasteiger partial charge in [-0.25, -0.2) is 9.19 Å². The monoisotopic (exact) mass is 544 g/mol. The highest BCUT2D eigenvalue weighted by Gasteiger charge is 2.32.